The van der Waals surface area contributed by atoms with Gasteiger partial charge in [-0.2, -0.15) is 12.6 Å². The van der Waals surface area contributed by atoms with Gasteiger partial charge in [-0.25, -0.2) is 0 Å². The van der Waals surface area contributed by atoms with Gasteiger partial charge < -0.3 is 4.90 Å². The van der Waals surface area contributed by atoms with E-state index in [2.05, 4.69) is 48.7 Å². The number of nitrogens with zero attached hydrogens (tertiary/aromatic N) is 1. The first-order valence-corrected chi connectivity index (χ1v) is 6.91. The Morgan fingerprint density at radius 3 is 2.88 bits per heavy atom. The van der Waals surface area contributed by atoms with Crippen LogP contribution in [0.4, 0.5) is 5.69 Å². The van der Waals surface area contributed by atoms with Gasteiger partial charge in [-0.1, -0.05) is 24.6 Å². The average molecular weight is 235 g/mol. The molecule has 1 nitrogen and oxygen atoms in total. The lowest BCUT2D eigenvalue weighted by Crippen LogP contribution is -2.30. The van der Waals surface area contributed by atoms with Gasteiger partial charge in [-0.15, -0.1) is 0 Å². The lowest BCUT2D eigenvalue weighted by Gasteiger charge is -2.24. The van der Waals surface area contributed by atoms with Crippen LogP contribution in [-0.2, 0) is 6.42 Å². The number of unbranched alkanes of at least 4 members (excludes halogenated alkanes) is 2. The fourth-order valence-corrected chi connectivity index (χ4v) is 2.76. The number of thiol groups is 1. The molecule has 0 saturated carbocycles. The van der Waals surface area contributed by atoms with Crippen LogP contribution in [0.5, 0.6) is 0 Å². The van der Waals surface area contributed by atoms with E-state index >= 15 is 0 Å². The summed E-state index contributed by atoms with van der Waals surface area (Å²) >= 11 is 4.25. The summed E-state index contributed by atoms with van der Waals surface area (Å²) in [5.74, 6) is 1.02. The van der Waals surface area contributed by atoms with Crippen LogP contribution in [0.3, 0.4) is 0 Å². The Balaban J connectivity index is 1.94. The third kappa shape index (κ3) is 2.54. The number of rotatable bonds is 5. The zero-order valence-corrected chi connectivity index (χ0v) is 10.9. The Morgan fingerprint density at radius 2 is 2.06 bits per heavy atom. The van der Waals surface area contributed by atoms with Crippen LogP contribution in [0, 0.1) is 0 Å². The van der Waals surface area contributed by atoms with E-state index in [9.17, 15) is 0 Å². The summed E-state index contributed by atoms with van der Waals surface area (Å²) in [6.07, 6.45) is 5.05. The molecule has 0 N–H and O–H groups in total. The highest BCUT2D eigenvalue weighted by Crippen LogP contribution is 2.31. The van der Waals surface area contributed by atoms with Gasteiger partial charge in [0.25, 0.3) is 0 Å². The molecule has 0 aromatic heterocycles. The molecule has 1 aliphatic rings. The number of anilines is 1. The van der Waals surface area contributed by atoms with E-state index in [1.165, 1.54) is 43.5 Å². The molecule has 1 heterocycles. The zero-order valence-electron chi connectivity index (χ0n) is 10.0. The van der Waals surface area contributed by atoms with Crippen LogP contribution in [-0.4, -0.2) is 18.3 Å². The number of fused-ring (bicyclic) bond motifs is 1. The molecule has 1 aromatic rings. The minimum absolute atomic E-state index is 0.674. The Morgan fingerprint density at radius 1 is 1.25 bits per heavy atom. The van der Waals surface area contributed by atoms with Crippen LogP contribution in [0.2, 0.25) is 0 Å². The fourth-order valence-electron chi connectivity index (χ4n) is 2.54. The van der Waals surface area contributed by atoms with Crippen LogP contribution < -0.4 is 4.90 Å². The Bertz CT molecular complexity index is 337. The normalized spacial score (nSPS) is 18.9. The van der Waals surface area contributed by atoms with E-state index in [0.29, 0.717) is 6.04 Å². The van der Waals surface area contributed by atoms with Crippen molar-refractivity contribution in [2.24, 2.45) is 0 Å². The third-order valence-electron chi connectivity index (χ3n) is 3.41. The molecule has 0 spiro atoms. The summed E-state index contributed by atoms with van der Waals surface area (Å²) in [7, 11) is 0. The second-order valence-corrected chi connectivity index (χ2v) is 5.11. The van der Waals surface area contributed by atoms with E-state index < -0.39 is 0 Å². The zero-order chi connectivity index (χ0) is 11.4. The predicted molar refractivity (Wildman–Crippen MR) is 74.7 cm³/mol. The van der Waals surface area contributed by atoms with Crippen molar-refractivity contribution >= 4 is 18.3 Å². The highest BCUT2D eigenvalue weighted by Gasteiger charge is 2.24. The molecular formula is C14H21NS. The maximum atomic E-state index is 4.25. The van der Waals surface area contributed by atoms with Crippen molar-refractivity contribution in [1.29, 1.82) is 0 Å². The summed E-state index contributed by atoms with van der Waals surface area (Å²) < 4.78 is 0. The minimum atomic E-state index is 0.674. The lowest BCUT2D eigenvalue weighted by atomic mass is 10.1. The molecule has 2 heteroatoms. The van der Waals surface area contributed by atoms with Gasteiger partial charge in [-0.05, 0) is 43.6 Å². The van der Waals surface area contributed by atoms with Gasteiger partial charge in [-0.3, -0.25) is 0 Å². The van der Waals surface area contributed by atoms with E-state index in [0.717, 1.165) is 5.75 Å². The molecule has 1 unspecified atom stereocenters. The van der Waals surface area contributed by atoms with Crippen LogP contribution in [0.25, 0.3) is 0 Å². The number of hydrogen-bond donors (Lipinski definition) is 1. The Labute approximate surface area is 104 Å². The highest BCUT2D eigenvalue weighted by molar-refractivity contribution is 7.80. The van der Waals surface area contributed by atoms with Crippen LogP contribution in [0.1, 0.15) is 31.7 Å². The quantitative estimate of drug-likeness (QED) is 0.603. The van der Waals surface area contributed by atoms with Crippen molar-refractivity contribution in [3.63, 3.8) is 0 Å². The first-order valence-electron chi connectivity index (χ1n) is 6.28. The van der Waals surface area contributed by atoms with E-state index in [4.69, 9.17) is 0 Å². The molecule has 0 bridgehead atoms. The largest absolute Gasteiger partial charge is 0.368 e. The SMILES string of the molecule is CC1Cc2ccccc2N1CCCCCS. The maximum Gasteiger partial charge on any atom is 0.0402 e. The summed E-state index contributed by atoms with van der Waals surface area (Å²) in [6, 6.07) is 9.50. The summed E-state index contributed by atoms with van der Waals surface area (Å²) in [5, 5.41) is 0. The van der Waals surface area contributed by atoms with Crippen molar-refractivity contribution in [1.82, 2.24) is 0 Å². The topological polar surface area (TPSA) is 3.24 Å². The molecule has 0 aliphatic carbocycles. The average Bonchev–Trinajstić information content (AvgIpc) is 2.61. The van der Waals surface area contributed by atoms with Crippen molar-refractivity contribution in [3.8, 4) is 0 Å². The summed E-state index contributed by atoms with van der Waals surface area (Å²) in [4.78, 5) is 2.56. The molecule has 1 atom stereocenters. The van der Waals surface area contributed by atoms with Gasteiger partial charge in [0.2, 0.25) is 0 Å². The van der Waals surface area contributed by atoms with Gasteiger partial charge in [0.15, 0.2) is 0 Å². The number of para-hydroxylation sites is 1. The summed E-state index contributed by atoms with van der Waals surface area (Å²) in [5.41, 5.74) is 2.98. The number of hydrogen-bond acceptors (Lipinski definition) is 2. The van der Waals surface area contributed by atoms with Crippen molar-refractivity contribution in [2.45, 2.75) is 38.6 Å². The highest BCUT2D eigenvalue weighted by atomic mass is 32.1. The molecule has 0 amide bonds. The van der Waals surface area contributed by atoms with Crippen LogP contribution >= 0.6 is 12.6 Å². The van der Waals surface area contributed by atoms with Crippen molar-refractivity contribution in [3.05, 3.63) is 29.8 Å². The number of benzene rings is 1. The monoisotopic (exact) mass is 235 g/mol. The van der Waals surface area contributed by atoms with Crippen molar-refractivity contribution in [2.75, 3.05) is 17.2 Å². The standard InChI is InChI=1S/C14H21NS/c1-12-11-13-7-3-4-8-14(13)15(12)9-5-2-6-10-16/h3-4,7-8,12,16H,2,5-6,9-11H2,1H3. The van der Waals surface area contributed by atoms with Crippen LogP contribution in [0.15, 0.2) is 24.3 Å². The molecule has 1 aromatic carbocycles. The van der Waals surface area contributed by atoms with Crippen molar-refractivity contribution < 1.29 is 0 Å². The first-order chi connectivity index (χ1) is 7.83. The third-order valence-corrected chi connectivity index (χ3v) is 3.72. The maximum absolute atomic E-state index is 4.25. The van der Waals surface area contributed by atoms with Gasteiger partial charge in [0, 0.05) is 18.3 Å². The predicted octanol–water partition coefficient (Wildman–Crippen LogP) is 3.54. The minimum Gasteiger partial charge on any atom is -0.368 e. The van der Waals surface area contributed by atoms with Gasteiger partial charge >= 0.3 is 0 Å². The molecule has 0 radical (unpaired) electrons. The van der Waals surface area contributed by atoms with Gasteiger partial charge in [0.1, 0.15) is 0 Å². The van der Waals surface area contributed by atoms with E-state index in [1.54, 1.807) is 0 Å². The Kier molecular flexibility index (Phi) is 4.16. The second-order valence-electron chi connectivity index (χ2n) is 4.66. The summed E-state index contributed by atoms with van der Waals surface area (Å²) in [6.45, 7) is 3.53. The fraction of sp³-hybridized carbons (Fsp3) is 0.571. The smallest absolute Gasteiger partial charge is 0.0402 e. The Hall–Kier alpha value is -0.630. The molecule has 0 saturated heterocycles. The first kappa shape index (κ1) is 11.8. The molecule has 1 aliphatic heterocycles. The lowest BCUT2D eigenvalue weighted by molar-refractivity contribution is 0.625. The molecule has 16 heavy (non-hydrogen) atoms. The molecular weight excluding hydrogens is 214 g/mol. The van der Waals surface area contributed by atoms with E-state index in [1.807, 2.05) is 0 Å². The molecule has 2 rings (SSSR count). The van der Waals surface area contributed by atoms with Gasteiger partial charge in [0.05, 0.1) is 0 Å². The second kappa shape index (κ2) is 5.62. The molecule has 88 valence electrons. The van der Waals surface area contributed by atoms with E-state index in [-0.39, 0.29) is 0 Å². The molecule has 0 fully saturated rings.